The fourth-order valence-electron chi connectivity index (χ4n) is 2.30. The number of likely N-dealkylation sites (N-methyl/N-ethyl adjacent to an activating group) is 1. The van der Waals surface area contributed by atoms with Gasteiger partial charge in [0.05, 0.1) is 0 Å². The molecule has 18 heavy (non-hydrogen) atoms. The average molecular weight is 248 g/mol. The summed E-state index contributed by atoms with van der Waals surface area (Å²) in [5.74, 6) is 2.13. The van der Waals surface area contributed by atoms with Gasteiger partial charge in [-0.05, 0) is 26.3 Å². The van der Waals surface area contributed by atoms with Crippen molar-refractivity contribution < 1.29 is 0 Å². The molecule has 6 nitrogen and oxygen atoms in total. The van der Waals surface area contributed by atoms with Gasteiger partial charge >= 0.3 is 0 Å². The van der Waals surface area contributed by atoms with Crippen LogP contribution in [-0.2, 0) is 0 Å². The maximum absolute atomic E-state index is 5.77. The van der Waals surface area contributed by atoms with E-state index in [0.29, 0.717) is 18.0 Å². The minimum Gasteiger partial charge on any atom is -0.368 e. The molecule has 0 radical (unpaired) electrons. The predicted octanol–water partition coefficient (Wildman–Crippen LogP) is 0.431. The van der Waals surface area contributed by atoms with Crippen molar-refractivity contribution in [3.63, 3.8) is 0 Å². The van der Waals surface area contributed by atoms with Crippen LogP contribution in [0.1, 0.15) is 19.3 Å². The maximum Gasteiger partial charge on any atom is 0.223 e. The molecule has 1 aliphatic carbocycles. The van der Waals surface area contributed by atoms with Crippen LogP contribution in [0.3, 0.4) is 0 Å². The lowest BCUT2D eigenvalue weighted by atomic mass is 9.93. The second-order valence-corrected chi connectivity index (χ2v) is 5.13. The van der Waals surface area contributed by atoms with Crippen molar-refractivity contribution in [2.75, 3.05) is 36.1 Å². The first kappa shape index (κ1) is 11.5. The van der Waals surface area contributed by atoms with Gasteiger partial charge < -0.3 is 21.3 Å². The van der Waals surface area contributed by atoms with Crippen molar-refractivity contribution in [3.8, 4) is 0 Å². The smallest absolute Gasteiger partial charge is 0.223 e. The van der Waals surface area contributed by atoms with E-state index in [4.69, 9.17) is 5.73 Å². The molecule has 4 N–H and O–H groups in total. The Bertz CT molecular complexity index is 425. The second kappa shape index (κ2) is 4.61. The van der Waals surface area contributed by atoms with Crippen LogP contribution in [0.2, 0.25) is 0 Å². The van der Waals surface area contributed by atoms with Gasteiger partial charge in [-0.25, -0.2) is 0 Å². The van der Waals surface area contributed by atoms with Gasteiger partial charge in [-0.1, -0.05) is 0 Å². The van der Waals surface area contributed by atoms with Gasteiger partial charge in [-0.15, -0.1) is 0 Å². The summed E-state index contributed by atoms with van der Waals surface area (Å²) in [5.41, 5.74) is 5.77. The van der Waals surface area contributed by atoms with E-state index >= 15 is 0 Å². The lowest BCUT2D eigenvalue weighted by Gasteiger charge is -2.40. The van der Waals surface area contributed by atoms with Crippen LogP contribution < -0.4 is 21.3 Å². The van der Waals surface area contributed by atoms with Crippen molar-refractivity contribution in [1.29, 1.82) is 0 Å². The number of hydrogen-bond donors (Lipinski definition) is 3. The van der Waals surface area contributed by atoms with Gasteiger partial charge in [0.25, 0.3) is 0 Å². The summed E-state index contributed by atoms with van der Waals surface area (Å²) in [5, 5.41) is 6.66. The maximum atomic E-state index is 5.77. The molecular formula is C12H20N6. The molecular weight excluding hydrogens is 228 g/mol. The monoisotopic (exact) mass is 248 g/mol. The van der Waals surface area contributed by atoms with Gasteiger partial charge in [0.15, 0.2) is 0 Å². The number of rotatable bonds is 4. The predicted molar refractivity (Wildman–Crippen MR) is 72.8 cm³/mol. The van der Waals surface area contributed by atoms with Crippen LogP contribution in [0.4, 0.5) is 17.6 Å². The number of nitrogens with zero attached hydrogens (tertiary/aromatic N) is 3. The number of hydrogen-bond acceptors (Lipinski definition) is 6. The van der Waals surface area contributed by atoms with Crippen molar-refractivity contribution in [2.24, 2.45) is 0 Å². The van der Waals surface area contributed by atoms with E-state index in [1.54, 1.807) is 0 Å². The zero-order chi connectivity index (χ0) is 12.5. The molecule has 2 fully saturated rings. The van der Waals surface area contributed by atoms with Crippen LogP contribution in [0.15, 0.2) is 6.07 Å². The summed E-state index contributed by atoms with van der Waals surface area (Å²) in [4.78, 5) is 10.8. The Morgan fingerprint density at radius 2 is 2.06 bits per heavy atom. The molecule has 1 saturated heterocycles. The van der Waals surface area contributed by atoms with Crippen LogP contribution in [0.25, 0.3) is 0 Å². The third kappa shape index (κ3) is 2.20. The highest BCUT2D eigenvalue weighted by atomic mass is 15.3. The van der Waals surface area contributed by atoms with E-state index in [0.717, 1.165) is 24.7 Å². The largest absolute Gasteiger partial charge is 0.368 e. The first-order valence-corrected chi connectivity index (χ1v) is 6.58. The van der Waals surface area contributed by atoms with E-state index in [1.807, 2.05) is 13.1 Å². The van der Waals surface area contributed by atoms with E-state index in [1.165, 1.54) is 19.3 Å². The molecule has 98 valence electrons. The zero-order valence-electron chi connectivity index (χ0n) is 10.7. The molecule has 2 heterocycles. The first-order chi connectivity index (χ1) is 8.74. The topological polar surface area (TPSA) is 79.1 Å². The number of nitrogens with two attached hydrogens (primary N) is 1. The van der Waals surface area contributed by atoms with E-state index in [-0.39, 0.29) is 0 Å². The van der Waals surface area contributed by atoms with Crippen LogP contribution in [0, 0.1) is 0 Å². The third-order valence-corrected chi connectivity index (χ3v) is 3.80. The van der Waals surface area contributed by atoms with Gasteiger partial charge in [-0.2, -0.15) is 9.97 Å². The molecule has 1 aliphatic heterocycles. The average Bonchev–Trinajstić information content (AvgIpc) is 2.21. The third-order valence-electron chi connectivity index (χ3n) is 3.80. The molecule has 0 unspecified atom stereocenters. The van der Waals surface area contributed by atoms with E-state index in [9.17, 15) is 0 Å². The fourth-order valence-corrected chi connectivity index (χ4v) is 2.30. The number of nitrogen functional groups attached to an aromatic ring is 1. The van der Waals surface area contributed by atoms with Crippen LogP contribution in [-0.4, -0.2) is 42.2 Å². The van der Waals surface area contributed by atoms with Gasteiger partial charge in [-0.3, -0.25) is 0 Å². The Balaban J connectivity index is 1.70. The van der Waals surface area contributed by atoms with E-state index < -0.39 is 0 Å². The molecule has 6 heteroatoms. The highest BCUT2D eigenvalue weighted by Crippen LogP contribution is 2.26. The summed E-state index contributed by atoms with van der Waals surface area (Å²) in [6, 6.07) is 3.12. The minimum absolute atomic E-state index is 0.349. The Morgan fingerprint density at radius 1 is 1.28 bits per heavy atom. The van der Waals surface area contributed by atoms with Gasteiger partial charge in [0, 0.05) is 31.2 Å². The Kier molecular flexibility index (Phi) is 2.95. The number of nitrogens with one attached hydrogen (secondary N) is 2. The quantitative estimate of drug-likeness (QED) is 0.717. The second-order valence-electron chi connectivity index (χ2n) is 5.13. The summed E-state index contributed by atoms with van der Waals surface area (Å²) in [7, 11) is 1.99. The van der Waals surface area contributed by atoms with E-state index in [2.05, 4.69) is 25.5 Å². The normalized spacial score (nSPS) is 20.4. The van der Waals surface area contributed by atoms with Crippen LogP contribution in [0.5, 0.6) is 0 Å². The molecule has 0 aromatic carbocycles. The SMILES string of the molecule is CNC1CN(c2cc(NC3CCC3)nc(N)n2)C1. The summed E-state index contributed by atoms with van der Waals surface area (Å²) in [6.07, 6.45) is 3.76. The Morgan fingerprint density at radius 3 is 2.67 bits per heavy atom. The minimum atomic E-state index is 0.349. The van der Waals surface area contributed by atoms with Gasteiger partial charge in [0.2, 0.25) is 5.95 Å². The molecule has 0 bridgehead atoms. The van der Waals surface area contributed by atoms with Crippen molar-refractivity contribution in [1.82, 2.24) is 15.3 Å². The van der Waals surface area contributed by atoms with Crippen LogP contribution >= 0.6 is 0 Å². The van der Waals surface area contributed by atoms with Gasteiger partial charge in [0.1, 0.15) is 11.6 Å². The molecule has 0 atom stereocenters. The highest BCUT2D eigenvalue weighted by Gasteiger charge is 2.27. The molecule has 1 aromatic heterocycles. The summed E-state index contributed by atoms with van der Waals surface area (Å²) >= 11 is 0. The van der Waals surface area contributed by atoms with Crippen molar-refractivity contribution >= 4 is 17.6 Å². The van der Waals surface area contributed by atoms with Crippen molar-refractivity contribution in [2.45, 2.75) is 31.3 Å². The number of aromatic nitrogens is 2. The Labute approximate surface area is 107 Å². The highest BCUT2D eigenvalue weighted by molar-refractivity contribution is 5.54. The lowest BCUT2D eigenvalue weighted by Crippen LogP contribution is -2.57. The standard InChI is InChI=1S/C12H20N6/c1-14-9-6-18(7-9)11-5-10(16-12(13)17-11)15-8-3-2-4-8/h5,8-9,14H,2-4,6-7H2,1H3,(H3,13,15,16,17). The molecule has 2 aliphatic rings. The fraction of sp³-hybridized carbons (Fsp3) is 0.667. The zero-order valence-corrected chi connectivity index (χ0v) is 10.7. The van der Waals surface area contributed by atoms with Crippen molar-refractivity contribution in [3.05, 3.63) is 6.07 Å². The first-order valence-electron chi connectivity index (χ1n) is 6.58. The summed E-state index contributed by atoms with van der Waals surface area (Å²) in [6.45, 7) is 1.96. The molecule has 0 spiro atoms. The molecule has 1 saturated carbocycles. The Hall–Kier alpha value is -1.56. The number of anilines is 3. The molecule has 3 rings (SSSR count). The summed E-state index contributed by atoms with van der Waals surface area (Å²) < 4.78 is 0. The molecule has 0 amide bonds. The lowest BCUT2D eigenvalue weighted by molar-refractivity contribution is 0.442. The molecule has 1 aromatic rings.